The van der Waals surface area contributed by atoms with Crippen molar-refractivity contribution in [2.75, 3.05) is 14.2 Å². The zero-order valence-electron chi connectivity index (χ0n) is 30.9. The van der Waals surface area contributed by atoms with E-state index in [4.69, 9.17) is 24.2 Å². The van der Waals surface area contributed by atoms with Gasteiger partial charge in [0.15, 0.2) is 0 Å². The Kier molecular flexibility index (Phi) is 14.6. The Morgan fingerprint density at radius 1 is 0.627 bits per heavy atom. The van der Waals surface area contributed by atoms with Crippen LogP contribution >= 0.6 is 0 Å². The molecular formula is C42H51MnN2O6-. The largest absolute Gasteiger partial charge is 0.872 e. The zero-order valence-corrected chi connectivity index (χ0v) is 32.1. The van der Waals surface area contributed by atoms with Crippen molar-refractivity contribution in [1.29, 1.82) is 0 Å². The number of para-hydroxylation sites is 1. The smallest absolute Gasteiger partial charge is 0.128 e. The summed E-state index contributed by atoms with van der Waals surface area (Å²) in [5, 5.41) is 32.7. The number of benzene rings is 4. The van der Waals surface area contributed by atoms with Crippen LogP contribution in [0.4, 0.5) is 0 Å². The molecule has 0 bridgehead atoms. The van der Waals surface area contributed by atoms with E-state index in [-0.39, 0.29) is 57.2 Å². The van der Waals surface area contributed by atoms with Gasteiger partial charge in [-0.3, -0.25) is 9.98 Å². The predicted molar refractivity (Wildman–Crippen MR) is 200 cm³/mol. The Balaban J connectivity index is 0.000000389. The van der Waals surface area contributed by atoms with Crippen LogP contribution in [0, 0.1) is 0 Å². The first-order chi connectivity index (χ1) is 23.7. The molecule has 1 aliphatic rings. The quantitative estimate of drug-likeness (QED) is 0.138. The molecule has 0 heterocycles. The van der Waals surface area contributed by atoms with Gasteiger partial charge in [0.05, 0.1) is 26.3 Å². The summed E-state index contributed by atoms with van der Waals surface area (Å²) >= 11 is 0. The molecule has 1 saturated carbocycles. The molecular weight excluding hydrogens is 683 g/mol. The van der Waals surface area contributed by atoms with Gasteiger partial charge in [0.1, 0.15) is 34.5 Å². The summed E-state index contributed by atoms with van der Waals surface area (Å²) in [4.78, 5) is 9.76. The minimum atomic E-state index is -0.233. The average molecular weight is 735 g/mol. The Bertz CT molecular complexity index is 1670. The van der Waals surface area contributed by atoms with E-state index in [1.54, 1.807) is 38.8 Å². The second kappa shape index (κ2) is 18.2. The Morgan fingerprint density at radius 2 is 1.04 bits per heavy atom. The van der Waals surface area contributed by atoms with Crippen molar-refractivity contribution in [2.45, 2.75) is 90.1 Å². The second-order valence-corrected chi connectivity index (χ2v) is 14.6. The average Bonchev–Trinajstić information content (AvgIpc) is 3.08. The van der Waals surface area contributed by atoms with E-state index in [1.807, 2.05) is 54.6 Å². The third kappa shape index (κ3) is 11.5. The van der Waals surface area contributed by atoms with Crippen LogP contribution in [0.2, 0.25) is 0 Å². The van der Waals surface area contributed by atoms with Crippen molar-refractivity contribution < 1.29 is 46.6 Å². The van der Waals surface area contributed by atoms with Crippen molar-refractivity contribution >= 4 is 12.4 Å². The van der Waals surface area contributed by atoms with Crippen molar-refractivity contribution in [3.05, 3.63) is 101 Å². The second-order valence-electron chi connectivity index (χ2n) is 14.6. The third-order valence-electron chi connectivity index (χ3n) is 8.62. The Morgan fingerprint density at radius 3 is 1.43 bits per heavy atom. The molecule has 2 unspecified atom stereocenters. The van der Waals surface area contributed by atoms with Gasteiger partial charge in [0, 0.05) is 51.8 Å². The van der Waals surface area contributed by atoms with Crippen LogP contribution < -0.4 is 19.3 Å². The number of methoxy groups -OCH3 is 2. The topological polar surface area (TPSA) is 116 Å². The van der Waals surface area contributed by atoms with Gasteiger partial charge in [-0.05, 0) is 72.2 Å². The van der Waals surface area contributed by atoms with E-state index in [9.17, 15) is 15.3 Å². The zero-order chi connectivity index (χ0) is 36.5. The summed E-state index contributed by atoms with van der Waals surface area (Å²) in [6.07, 6.45) is 7.53. The fourth-order valence-electron chi connectivity index (χ4n) is 5.76. The summed E-state index contributed by atoms with van der Waals surface area (Å²) in [5.41, 5.74) is 2.47. The van der Waals surface area contributed by atoms with Crippen LogP contribution in [0.1, 0.15) is 89.5 Å². The van der Waals surface area contributed by atoms with Gasteiger partial charge in [-0.25, -0.2) is 0 Å². The normalized spacial score (nSPS) is 16.2. The van der Waals surface area contributed by atoms with E-state index >= 15 is 0 Å². The maximum absolute atomic E-state index is 10.9. The van der Waals surface area contributed by atoms with Crippen LogP contribution in [-0.2, 0) is 27.9 Å². The van der Waals surface area contributed by atoms with Gasteiger partial charge in [-0.2, -0.15) is 0 Å². The first-order valence-electron chi connectivity index (χ1n) is 17.1. The number of phenols is 2. The van der Waals surface area contributed by atoms with Crippen LogP contribution in [0.5, 0.6) is 40.2 Å². The van der Waals surface area contributed by atoms with Crippen LogP contribution in [-0.4, -0.2) is 48.9 Å². The van der Waals surface area contributed by atoms with E-state index in [2.05, 4.69) is 41.5 Å². The molecule has 0 saturated heterocycles. The number of hydrogen-bond donors (Lipinski definition) is 2. The van der Waals surface area contributed by atoms with Crippen molar-refractivity contribution in [1.82, 2.24) is 0 Å². The molecule has 4 aromatic rings. The molecule has 0 aromatic heterocycles. The Labute approximate surface area is 313 Å². The minimum Gasteiger partial charge on any atom is -0.872 e. The van der Waals surface area contributed by atoms with Gasteiger partial charge in [0.25, 0.3) is 0 Å². The number of hydrogen-bond acceptors (Lipinski definition) is 8. The fraction of sp³-hybridized carbons (Fsp3) is 0.381. The monoisotopic (exact) mass is 734 g/mol. The molecule has 0 spiro atoms. The number of aliphatic imine (C=N–C) groups is 2. The maximum Gasteiger partial charge on any atom is 0.128 e. The van der Waals surface area contributed by atoms with E-state index in [0.29, 0.717) is 28.4 Å². The molecule has 2 N–H and O–H groups in total. The summed E-state index contributed by atoms with van der Waals surface area (Å²) in [6.45, 7) is 12.4. The molecule has 4 aromatic carbocycles. The van der Waals surface area contributed by atoms with Gasteiger partial charge < -0.3 is 29.5 Å². The van der Waals surface area contributed by atoms with Gasteiger partial charge in [0.2, 0.25) is 0 Å². The van der Waals surface area contributed by atoms with Gasteiger partial charge >= 0.3 is 0 Å². The molecule has 51 heavy (non-hydrogen) atoms. The van der Waals surface area contributed by atoms with Gasteiger partial charge in [-0.15, -0.1) is 5.75 Å². The first-order valence-corrected chi connectivity index (χ1v) is 17.1. The third-order valence-corrected chi connectivity index (χ3v) is 8.62. The number of ether oxygens (including phenoxy) is 3. The molecule has 1 aliphatic carbocycles. The van der Waals surface area contributed by atoms with Crippen molar-refractivity contribution in [3.8, 4) is 40.2 Å². The molecule has 1 radical (unpaired) electrons. The first kappa shape index (κ1) is 41.0. The number of phenolic OH excluding ortho intramolecular Hbond substituents is 2. The molecule has 2 atom stereocenters. The van der Waals surface area contributed by atoms with E-state index in [1.165, 1.54) is 12.1 Å². The van der Waals surface area contributed by atoms with Crippen LogP contribution in [0.25, 0.3) is 0 Å². The Hall–Kier alpha value is -4.46. The van der Waals surface area contributed by atoms with Crippen molar-refractivity contribution in [2.24, 2.45) is 9.98 Å². The molecule has 1 fully saturated rings. The molecule has 0 amide bonds. The summed E-state index contributed by atoms with van der Waals surface area (Å²) < 4.78 is 16.5. The van der Waals surface area contributed by atoms with E-state index < -0.39 is 0 Å². The fourth-order valence-corrected chi connectivity index (χ4v) is 5.76. The minimum absolute atomic E-state index is 0. The summed E-state index contributed by atoms with van der Waals surface area (Å²) in [6, 6.07) is 23.1. The van der Waals surface area contributed by atoms with Gasteiger partial charge in [-0.1, -0.05) is 84.7 Å². The van der Waals surface area contributed by atoms with E-state index in [0.717, 1.165) is 42.6 Å². The van der Waals surface area contributed by atoms with Crippen LogP contribution in [0.15, 0.2) is 88.8 Å². The number of aromatic hydroxyl groups is 2. The maximum atomic E-state index is 10.9. The number of rotatable bonds is 8. The summed E-state index contributed by atoms with van der Waals surface area (Å²) in [7, 11) is 3.26. The molecule has 0 aliphatic heterocycles. The predicted octanol–water partition coefficient (Wildman–Crippen LogP) is 9.11. The molecule has 8 nitrogen and oxygen atoms in total. The van der Waals surface area contributed by atoms with Crippen molar-refractivity contribution in [3.63, 3.8) is 0 Å². The molecule has 9 heteroatoms. The number of nitrogens with zero attached hydrogens (tertiary/aromatic N) is 2. The SMILES string of the molecule is COc1cc(C=NC2CCCCC2N=Cc2cc(OC)cc(C(C)(C)C)c2O)c(O)c(C(C)(C)C)c1.[Mn].[O-]c1ccc(Oc2ccccc2)cc1. The summed E-state index contributed by atoms with van der Waals surface area (Å²) in [5.74, 6) is 3.30. The molecule has 273 valence electrons. The molecule has 5 rings (SSSR count). The van der Waals surface area contributed by atoms with Crippen LogP contribution in [0.3, 0.4) is 0 Å². The standard InChI is InChI=1S/C30H42N2O4.C12H10O2.Mn/c1-29(2,3)23-15-21(35-7)13-19(27(23)33)17-31-25-11-9-10-12-26(25)32-18-20-14-22(36-8)16-24(28(20)34)30(4,5)6;13-10-6-8-12(9-7-10)14-11-4-2-1-3-5-11;/h13-18,25-26,33-34H,9-12H2,1-8H3;1-9,13H;/p-1.